The van der Waals surface area contributed by atoms with E-state index in [9.17, 15) is 9.18 Å². The van der Waals surface area contributed by atoms with Crippen molar-refractivity contribution in [2.24, 2.45) is 0 Å². The molecule has 1 atom stereocenters. The number of pyridine rings is 3. The normalized spacial score (nSPS) is 19.7. The van der Waals surface area contributed by atoms with E-state index in [0.717, 1.165) is 43.6 Å². The molecule has 3 aromatic heterocycles. The average Bonchev–Trinajstić information content (AvgIpc) is 2.87. The molecule has 1 saturated heterocycles. The summed E-state index contributed by atoms with van der Waals surface area (Å²) in [5.41, 5.74) is 1.79. The molecule has 1 N–H and O–H groups in total. The van der Waals surface area contributed by atoms with Gasteiger partial charge in [0.05, 0.1) is 29.6 Å². The van der Waals surface area contributed by atoms with Crippen molar-refractivity contribution in [3.63, 3.8) is 0 Å². The third-order valence-corrected chi connectivity index (χ3v) is 6.75. The molecule has 3 aliphatic rings. The van der Waals surface area contributed by atoms with Crippen molar-refractivity contribution in [2.45, 2.75) is 31.5 Å². The molecular formula is C24H27ClFN5O4. The largest absolute Gasteiger partial charge is 0.486 e. The molecule has 11 heteroatoms. The van der Waals surface area contributed by atoms with E-state index in [2.05, 4.69) is 20.2 Å². The Bertz CT molecular complexity index is 1280. The van der Waals surface area contributed by atoms with Gasteiger partial charge < -0.3 is 24.4 Å². The van der Waals surface area contributed by atoms with Crippen LogP contribution in [-0.2, 0) is 6.54 Å². The lowest BCUT2D eigenvalue weighted by Gasteiger charge is -2.36. The van der Waals surface area contributed by atoms with Crippen LogP contribution in [0.5, 0.6) is 17.2 Å². The number of aromatic nitrogens is 3. The summed E-state index contributed by atoms with van der Waals surface area (Å²) in [7, 11) is 0. The first-order valence-corrected chi connectivity index (χ1v) is 11.7. The van der Waals surface area contributed by atoms with Crippen LogP contribution in [0.1, 0.15) is 24.6 Å². The molecule has 186 valence electrons. The van der Waals surface area contributed by atoms with Gasteiger partial charge in [0.25, 0.3) is 5.56 Å². The molecule has 0 aromatic carbocycles. The minimum Gasteiger partial charge on any atom is -0.486 e. The molecular weight excluding hydrogens is 477 g/mol. The Morgan fingerprint density at radius 2 is 1.86 bits per heavy atom. The SMILES string of the molecule is Cl.O=c1ccc2ncc(F)c3c2n1[C@H](CN1CCC(NCc2cc4c(cn2)OCCO4)CC1)CO3. The van der Waals surface area contributed by atoms with E-state index in [0.29, 0.717) is 49.1 Å². The van der Waals surface area contributed by atoms with Gasteiger partial charge in [-0.25, -0.2) is 4.39 Å². The zero-order valence-corrected chi connectivity index (χ0v) is 19.9. The highest BCUT2D eigenvalue weighted by atomic mass is 35.5. The van der Waals surface area contributed by atoms with Gasteiger partial charge in [0.2, 0.25) is 0 Å². The molecule has 0 amide bonds. The van der Waals surface area contributed by atoms with E-state index in [4.69, 9.17) is 14.2 Å². The number of ether oxygens (including phenoxy) is 3. The van der Waals surface area contributed by atoms with Crippen molar-refractivity contribution in [1.29, 1.82) is 0 Å². The number of nitrogens with one attached hydrogen (secondary N) is 1. The third-order valence-electron chi connectivity index (χ3n) is 6.75. The van der Waals surface area contributed by atoms with Gasteiger partial charge in [0.15, 0.2) is 23.1 Å². The fourth-order valence-electron chi connectivity index (χ4n) is 5.01. The molecule has 9 nitrogen and oxygen atoms in total. The number of piperidine rings is 1. The van der Waals surface area contributed by atoms with E-state index in [1.54, 1.807) is 16.8 Å². The van der Waals surface area contributed by atoms with E-state index < -0.39 is 5.82 Å². The highest BCUT2D eigenvalue weighted by Crippen LogP contribution is 2.33. The molecule has 3 aromatic rings. The van der Waals surface area contributed by atoms with Crippen molar-refractivity contribution in [3.8, 4) is 17.2 Å². The Kier molecular flexibility index (Phi) is 6.77. The van der Waals surface area contributed by atoms with Crippen molar-refractivity contribution in [1.82, 2.24) is 24.8 Å². The summed E-state index contributed by atoms with van der Waals surface area (Å²) in [5, 5.41) is 3.60. The first kappa shape index (κ1) is 23.8. The van der Waals surface area contributed by atoms with E-state index in [1.165, 1.54) is 6.07 Å². The Labute approximate surface area is 207 Å². The van der Waals surface area contributed by atoms with Gasteiger partial charge in [-0.2, -0.15) is 0 Å². The maximum absolute atomic E-state index is 14.2. The molecule has 6 heterocycles. The van der Waals surface area contributed by atoms with Crippen LogP contribution in [0.2, 0.25) is 0 Å². The van der Waals surface area contributed by atoms with Gasteiger partial charge in [-0.3, -0.25) is 19.3 Å². The Morgan fingerprint density at radius 1 is 1.06 bits per heavy atom. The number of fused-ring (bicyclic) bond motifs is 1. The zero-order chi connectivity index (χ0) is 23.1. The van der Waals surface area contributed by atoms with Crippen LogP contribution in [0.4, 0.5) is 4.39 Å². The number of nitrogens with zero attached hydrogens (tertiary/aromatic N) is 4. The standard InChI is InChI=1S/C24H26FN5O4.ClH/c25-18-11-28-19-1-2-22(31)30-17(14-34-24(18)23(19)30)13-29-5-3-15(4-6-29)26-10-16-9-20-21(12-27-16)33-8-7-32-20;/h1-2,9,11-12,15,17,26H,3-8,10,13-14H2;1H/t17-;/m1./s1. The second-order valence-electron chi connectivity index (χ2n) is 8.95. The summed E-state index contributed by atoms with van der Waals surface area (Å²) in [6, 6.07) is 5.26. The van der Waals surface area contributed by atoms with Crippen LogP contribution in [0.3, 0.4) is 0 Å². The summed E-state index contributed by atoms with van der Waals surface area (Å²) in [5.74, 6) is 1.04. The van der Waals surface area contributed by atoms with E-state index in [-0.39, 0.29) is 36.4 Å². The Hall–Kier alpha value is -2.95. The molecule has 0 spiro atoms. The molecule has 0 unspecified atom stereocenters. The minimum atomic E-state index is -0.537. The van der Waals surface area contributed by atoms with Gasteiger partial charge in [-0.05, 0) is 32.0 Å². The van der Waals surface area contributed by atoms with Gasteiger partial charge >= 0.3 is 0 Å². The molecule has 0 radical (unpaired) electrons. The van der Waals surface area contributed by atoms with Crippen LogP contribution in [0, 0.1) is 5.82 Å². The molecule has 0 aliphatic carbocycles. The minimum absolute atomic E-state index is 0. The van der Waals surface area contributed by atoms with Gasteiger partial charge in [0, 0.05) is 31.3 Å². The summed E-state index contributed by atoms with van der Waals surface area (Å²) in [4.78, 5) is 23.6. The monoisotopic (exact) mass is 503 g/mol. The lowest BCUT2D eigenvalue weighted by atomic mass is 10.0. The molecule has 6 rings (SSSR count). The molecule has 1 fully saturated rings. The highest BCUT2D eigenvalue weighted by Gasteiger charge is 2.29. The van der Waals surface area contributed by atoms with Crippen LogP contribution in [0.25, 0.3) is 11.0 Å². The van der Waals surface area contributed by atoms with Crippen molar-refractivity contribution in [3.05, 3.63) is 52.5 Å². The number of hydrogen-bond donors (Lipinski definition) is 1. The Balaban J connectivity index is 0.00000253. The molecule has 35 heavy (non-hydrogen) atoms. The predicted octanol–water partition coefficient (Wildman–Crippen LogP) is 2.31. The second-order valence-corrected chi connectivity index (χ2v) is 8.95. The summed E-state index contributed by atoms with van der Waals surface area (Å²) < 4.78 is 32.8. The van der Waals surface area contributed by atoms with Gasteiger partial charge in [-0.15, -0.1) is 12.4 Å². The molecule has 3 aliphatic heterocycles. The maximum atomic E-state index is 14.2. The van der Waals surface area contributed by atoms with Gasteiger partial charge in [0.1, 0.15) is 25.3 Å². The summed E-state index contributed by atoms with van der Waals surface area (Å²) in [6.07, 6.45) is 4.85. The number of hydrogen-bond acceptors (Lipinski definition) is 8. The van der Waals surface area contributed by atoms with Crippen LogP contribution in [-0.4, -0.2) is 64.9 Å². The lowest BCUT2D eigenvalue weighted by molar-refractivity contribution is 0.137. The maximum Gasteiger partial charge on any atom is 0.251 e. The average molecular weight is 504 g/mol. The predicted molar refractivity (Wildman–Crippen MR) is 129 cm³/mol. The van der Waals surface area contributed by atoms with E-state index in [1.807, 2.05) is 6.07 Å². The fraction of sp³-hybridized carbons (Fsp3) is 0.458. The number of rotatable bonds is 5. The lowest BCUT2D eigenvalue weighted by Crippen LogP contribution is -2.46. The molecule has 0 saturated carbocycles. The Morgan fingerprint density at radius 3 is 2.69 bits per heavy atom. The smallest absolute Gasteiger partial charge is 0.251 e. The van der Waals surface area contributed by atoms with Gasteiger partial charge in [-0.1, -0.05) is 0 Å². The summed E-state index contributed by atoms with van der Waals surface area (Å²) >= 11 is 0. The quantitative estimate of drug-likeness (QED) is 0.567. The van der Waals surface area contributed by atoms with E-state index >= 15 is 0 Å². The summed E-state index contributed by atoms with van der Waals surface area (Å²) in [6.45, 7) is 4.54. The van der Waals surface area contributed by atoms with Crippen molar-refractivity contribution in [2.75, 3.05) is 39.5 Å². The first-order chi connectivity index (χ1) is 16.7. The topological polar surface area (TPSA) is 90.7 Å². The highest BCUT2D eigenvalue weighted by molar-refractivity contribution is 5.85. The van der Waals surface area contributed by atoms with Crippen LogP contribution < -0.4 is 25.1 Å². The third kappa shape index (κ3) is 4.65. The zero-order valence-electron chi connectivity index (χ0n) is 19.1. The number of halogens is 2. The fourth-order valence-corrected chi connectivity index (χ4v) is 5.01. The van der Waals surface area contributed by atoms with Crippen molar-refractivity contribution >= 4 is 23.4 Å². The van der Waals surface area contributed by atoms with Crippen LogP contribution in [0.15, 0.2) is 35.4 Å². The van der Waals surface area contributed by atoms with Crippen LogP contribution >= 0.6 is 12.4 Å². The first-order valence-electron chi connectivity index (χ1n) is 11.7. The second kappa shape index (κ2) is 9.96. The van der Waals surface area contributed by atoms with Crippen molar-refractivity contribution < 1.29 is 18.6 Å². The molecule has 0 bridgehead atoms. The number of likely N-dealkylation sites (tertiary alicyclic amines) is 1.